The molecule has 5 heteroatoms. The maximum atomic E-state index is 7.28. The molecule has 0 bridgehead atoms. The molecule has 0 amide bonds. The second-order valence-corrected chi connectivity index (χ2v) is 19.1. The molecule has 0 spiro atoms. The molecule has 0 radical (unpaired) electrons. The van der Waals surface area contributed by atoms with Gasteiger partial charge in [0, 0.05) is 53.9 Å². The van der Waals surface area contributed by atoms with Crippen LogP contribution in [0, 0.1) is 13.8 Å². The number of hydrogen-bond donors (Lipinski definition) is 0. The maximum Gasteiger partial charge on any atom is 0.375 e. The summed E-state index contributed by atoms with van der Waals surface area (Å²) in [5, 5.41) is 6.30. The molecular weight excluding hydrogens is 711 g/mol. The Bertz CT molecular complexity index is 3190. The van der Waals surface area contributed by atoms with Gasteiger partial charge >= 0.3 is 6.85 Å². The Balaban J connectivity index is 1.28. The summed E-state index contributed by atoms with van der Waals surface area (Å²) in [6, 6.07) is 48.1. The van der Waals surface area contributed by atoms with E-state index >= 15 is 0 Å². The van der Waals surface area contributed by atoms with Crippen molar-refractivity contribution in [1.82, 2.24) is 0 Å². The van der Waals surface area contributed by atoms with Gasteiger partial charge in [0.15, 0.2) is 0 Å². The Morgan fingerprint density at radius 2 is 1.30 bits per heavy atom. The third-order valence-corrected chi connectivity index (χ3v) is 14.8. The first-order chi connectivity index (χ1) is 27.6. The number of benzene rings is 7. The second-order valence-electron chi connectivity index (χ2n) is 18.0. The number of anilines is 5. The lowest BCUT2D eigenvalue weighted by atomic mass is 9.45. The van der Waals surface area contributed by atoms with E-state index in [0.717, 1.165) is 34.4 Å². The minimum Gasteiger partial charge on any atom is -0.466 e. The molecule has 7 aromatic carbocycles. The molecule has 4 heterocycles. The molecule has 1 aliphatic carbocycles. The van der Waals surface area contributed by atoms with E-state index in [2.05, 4.69) is 179 Å². The van der Waals surface area contributed by atoms with Crippen LogP contribution in [0.15, 0.2) is 132 Å². The molecule has 276 valence electrons. The molecule has 2 aromatic heterocycles. The molecule has 0 saturated heterocycles. The van der Waals surface area contributed by atoms with Gasteiger partial charge in [-0.3, -0.25) is 0 Å². The van der Waals surface area contributed by atoms with Crippen LogP contribution in [0.4, 0.5) is 28.4 Å². The minimum atomic E-state index is -0.205. The average molecular weight is 755 g/mol. The lowest BCUT2D eigenvalue weighted by molar-refractivity contribution is 0.332. The van der Waals surface area contributed by atoms with Crippen LogP contribution in [0.25, 0.3) is 53.0 Å². The van der Waals surface area contributed by atoms with Crippen LogP contribution in [0.3, 0.4) is 0 Å². The molecule has 0 saturated carbocycles. The molecule has 9 aromatic rings. The average Bonchev–Trinajstić information content (AvgIpc) is 3.79. The fraction of sp³-hybridized carbons (Fsp3) is 0.192. The fourth-order valence-corrected chi connectivity index (χ4v) is 11.8. The number of fused-ring (bicyclic) bond motifs is 13. The quantitative estimate of drug-likeness (QED) is 0.164. The Morgan fingerprint density at radius 1 is 0.614 bits per heavy atom. The predicted molar refractivity (Wildman–Crippen MR) is 245 cm³/mol. The lowest BCUT2D eigenvalue weighted by Crippen LogP contribution is -2.61. The van der Waals surface area contributed by atoms with E-state index in [4.69, 9.17) is 4.42 Å². The van der Waals surface area contributed by atoms with Gasteiger partial charge in [-0.15, -0.1) is 11.3 Å². The zero-order chi connectivity index (χ0) is 38.5. The summed E-state index contributed by atoms with van der Waals surface area (Å²) in [6.07, 6.45) is 2.35. The van der Waals surface area contributed by atoms with Crippen LogP contribution >= 0.6 is 11.3 Å². The predicted octanol–water partition coefficient (Wildman–Crippen LogP) is 13.6. The van der Waals surface area contributed by atoms with E-state index in [1.165, 1.54) is 93.3 Å². The molecule has 0 fully saturated rings. The zero-order valence-electron chi connectivity index (χ0n) is 33.3. The Kier molecular flexibility index (Phi) is 6.69. The molecule has 12 rings (SSSR count). The number of nitrogens with zero attached hydrogens (tertiary/aromatic N) is 2. The highest BCUT2D eigenvalue weighted by Gasteiger charge is 2.50. The van der Waals surface area contributed by atoms with E-state index in [1.807, 2.05) is 11.3 Å². The normalized spacial score (nSPS) is 16.3. The van der Waals surface area contributed by atoms with Crippen molar-refractivity contribution in [2.75, 3.05) is 9.71 Å². The Morgan fingerprint density at radius 3 is 2.09 bits per heavy atom. The molecule has 57 heavy (non-hydrogen) atoms. The maximum absolute atomic E-state index is 7.28. The van der Waals surface area contributed by atoms with Gasteiger partial charge in [-0.1, -0.05) is 106 Å². The molecule has 2 aliphatic heterocycles. The van der Waals surface area contributed by atoms with Crippen LogP contribution in [0.5, 0.6) is 0 Å². The first-order valence-electron chi connectivity index (χ1n) is 20.4. The van der Waals surface area contributed by atoms with Crippen LogP contribution in [0.2, 0.25) is 0 Å². The largest absolute Gasteiger partial charge is 0.466 e. The monoisotopic (exact) mass is 754 g/mol. The summed E-state index contributed by atoms with van der Waals surface area (Å²) in [4.78, 5) is 5.19. The number of furan rings is 1. The van der Waals surface area contributed by atoms with Gasteiger partial charge in [-0.25, -0.2) is 0 Å². The summed E-state index contributed by atoms with van der Waals surface area (Å²) in [5.74, 6) is 0. The van der Waals surface area contributed by atoms with Crippen molar-refractivity contribution < 1.29 is 4.42 Å². The smallest absolute Gasteiger partial charge is 0.375 e. The first-order valence-corrected chi connectivity index (χ1v) is 21.2. The highest BCUT2D eigenvalue weighted by Crippen LogP contribution is 2.56. The number of para-hydroxylation sites is 1. The van der Waals surface area contributed by atoms with Crippen molar-refractivity contribution in [3.63, 3.8) is 0 Å². The van der Waals surface area contributed by atoms with E-state index in [0.29, 0.717) is 0 Å². The van der Waals surface area contributed by atoms with Gasteiger partial charge in [-0.05, 0) is 131 Å². The van der Waals surface area contributed by atoms with Crippen molar-refractivity contribution in [3.05, 3.63) is 150 Å². The van der Waals surface area contributed by atoms with Crippen molar-refractivity contribution in [2.24, 2.45) is 0 Å². The van der Waals surface area contributed by atoms with E-state index < -0.39 is 0 Å². The van der Waals surface area contributed by atoms with Gasteiger partial charge in [0.05, 0.1) is 5.69 Å². The Labute approximate surface area is 338 Å². The van der Waals surface area contributed by atoms with Crippen LogP contribution < -0.4 is 20.8 Å². The molecule has 0 unspecified atom stereocenters. The molecule has 0 N–H and O–H groups in total. The fourth-order valence-electron chi connectivity index (χ4n) is 10.6. The third-order valence-electron chi connectivity index (χ3n) is 13.7. The van der Waals surface area contributed by atoms with Gasteiger partial charge in [0.25, 0.3) is 0 Å². The molecule has 3 aliphatic rings. The second kappa shape index (κ2) is 11.4. The number of aryl methyl sites for hydroxylation is 2. The highest BCUT2D eigenvalue weighted by atomic mass is 32.1. The summed E-state index contributed by atoms with van der Waals surface area (Å²) in [5.41, 5.74) is 17.4. The number of thiophene rings is 1. The third kappa shape index (κ3) is 4.49. The SMILES string of the molecule is Cc1ccc(N2B3c4oc5ccccc5c4N(c4cc5c(cc4C)C(C)(C)CCC5(C)C)c4cc5ccccc5c(c43)-c3c2ccc2sc4ccccc4c32)cc1. The number of rotatable bonds is 2. The minimum absolute atomic E-state index is 0.0581. The van der Waals surface area contributed by atoms with E-state index in [1.54, 1.807) is 0 Å². The summed E-state index contributed by atoms with van der Waals surface area (Å²) < 4.78 is 9.91. The van der Waals surface area contributed by atoms with Crippen LogP contribution in [-0.4, -0.2) is 6.85 Å². The molecular formula is C52H43BN2OS. The van der Waals surface area contributed by atoms with Crippen molar-refractivity contribution >= 4 is 99.7 Å². The topological polar surface area (TPSA) is 19.6 Å². The van der Waals surface area contributed by atoms with E-state index in [9.17, 15) is 0 Å². The Hall–Kier alpha value is -5.78. The van der Waals surface area contributed by atoms with Crippen LogP contribution in [-0.2, 0) is 10.8 Å². The van der Waals surface area contributed by atoms with Crippen molar-refractivity contribution in [2.45, 2.75) is 65.2 Å². The summed E-state index contributed by atoms with van der Waals surface area (Å²) in [6.45, 7) is 14.0. The highest BCUT2D eigenvalue weighted by molar-refractivity contribution is 7.26. The summed E-state index contributed by atoms with van der Waals surface area (Å²) >= 11 is 1.89. The van der Waals surface area contributed by atoms with Gasteiger partial charge < -0.3 is 14.1 Å². The van der Waals surface area contributed by atoms with Crippen LogP contribution in [0.1, 0.15) is 62.8 Å². The van der Waals surface area contributed by atoms with Gasteiger partial charge in [0.2, 0.25) is 0 Å². The van der Waals surface area contributed by atoms with Gasteiger partial charge in [-0.2, -0.15) is 0 Å². The molecule has 3 nitrogen and oxygen atoms in total. The zero-order valence-corrected chi connectivity index (χ0v) is 34.1. The number of hydrogen-bond acceptors (Lipinski definition) is 4. The first kappa shape index (κ1) is 33.4. The van der Waals surface area contributed by atoms with Gasteiger partial charge in [0.1, 0.15) is 11.2 Å². The standard InChI is InChI=1S/C52H43BN2OS/c1-30-19-21-33(22-20-30)55-39-23-24-44-45(36-16-10-12-18-43(36)57-44)47(39)46-34-14-8-7-13-32(34)28-41-48(46)53(55)50-49(35-15-9-11-17-42(35)56-50)54(41)40-29-38-37(27-31(40)2)51(3,4)25-26-52(38,5)6/h7-24,27-29H,25-26H2,1-6H3. The molecule has 0 atom stereocenters. The summed E-state index contributed by atoms with van der Waals surface area (Å²) in [7, 11) is 0. The van der Waals surface area contributed by atoms with Crippen molar-refractivity contribution in [1.29, 1.82) is 0 Å². The lowest BCUT2D eigenvalue weighted by Gasteiger charge is -2.46. The van der Waals surface area contributed by atoms with E-state index in [-0.39, 0.29) is 17.7 Å². The van der Waals surface area contributed by atoms with Crippen molar-refractivity contribution in [3.8, 4) is 11.1 Å².